The zero-order chi connectivity index (χ0) is 24.8. The summed E-state index contributed by atoms with van der Waals surface area (Å²) in [4.78, 5) is 57.1. The van der Waals surface area contributed by atoms with Crippen molar-refractivity contribution < 1.29 is 9.59 Å². The maximum absolute atomic E-state index is 13.7. The van der Waals surface area contributed by atoms with E-state index < -0.39 is 17.2 Å². The summed E-state index contributed by atoms with van der Waals surface area (Å²) in [6.45, 7) is 5.30. The Morgan fingerprint density at radius 3 is 2.53 bits per heavy atom. The van der Waals surface area contributed by atoms with Crippen molar-refractivity contribution >= 4 is 34.9 Å². The molecule has 2 amide bonds. The molecule has 9 nitrogen and oxygen atoms in total. The number of unbranched alkanes of at least 4 members (excludes halogenated alkanes) is 1. The van der Waals surface area contributed by atoms with Crippen LogP contribution in [0.4, 0.5) is 11.5 Å². The summed E-state index contributed by atoms with van der Waals surface area (Å²) in [6.07, 6.45) is 3.37. The molecule has 0 bridgehead atoms. The highest BCUT2D eigenvalue weighted by Crippen LogP contribution is 2.25. The van der Waals surface area contributed by atoms with Crippen LogP contribution < -0.4 is 21.9 Å². The van der Waals surface area contributed by atoms with E-state index in [0.29, 0.717) is 55.9 Å². The summed E-state index contributed by atoms with van der Waals surface area (Å²) in [5, 5.41) is 0.544. The van der Waals surface area contributed by atoms with Gasteiger partial charge in [0.05, 0.1) is 5.92 Å². The number of carbonyl (C=O) groups excluding carboxylic acids is 2. The number of halogens is 1. The Morgan fingerprint density at radius 2 is 1.88 bits per heavy atom. The molecule has 1 atom stereocenters. The van der Waals surface area contributed by atoms with Crippen molar-refractivity contribution in [3.63, 3.8) is 0 Å². The Bertz CT molecular complexity index is 1140. The highest BCUT2D eigenvalue weighted by atomic mass is 35.5. The number of likely N-dealkylation sites (tertiary alicyclic amines) is 1. The van der Waals surface area contributed by atoms with Crippen LogP contribution >= 0.6 is 11.6 Å². The first kappa shape index (κ1) is 25.6. The van der Waals surface area contributed by atoms with E-state index >= 15 is 0 Å². The second-order valence-corrected chi connectivity index (χ2v) is 9.02. The number of rotatable bonds is 8. The average molecular weight is 490 g/mol. The van der Waals surface area contributed by atoms with Gasteiger partial charge in [-0.2, -0.15) is 0 Å². The minimum Gasteiger partial charge on any atom is -0.383 e. The monoisotopic (exact) mass is 489 g/mol. The highest BCUT2D eigenvalue weighted by Gasteiger charge is 2.34. The Morgan fingerprint density at radius 1 is 1.18 bits per heavy atom. The van der Waals surface area contributed by atoms with Gasteiger partial charge in [-0.1, -0.05) is 31.9 Å². The number of benzene rings is 1. The molecule has 0 radical (unpaired) electrons. The zero-order valence-electron chi connectivity index (χ0n) is 19.7. The molecule has 10 heteroatoms. The Hall–Kier alpha value is -3.07. The largest absolute Gasteiger partial charge is 0.383 e. The number of nitrogens with zero attached hydrogens (tertiary/aromatic N) is 3. The van der Waals surface area contributed by atoms with Gasteiger partial charge < -0.3 is 15.5 Å². The van der Waals surface area contributed by atoms with Crippen LogP contribution in [0.15, 0.2) is 33.9 Å². The number of hydrogen-bond donors (Lipinski definition) is 2. The lowest BCUT2D eigenvalue weighted by Crippen LogP contribution is -2.49. The molecule has 184 valence electrons. The molecule has 3 rings (SSSR count). The van der Waals surface area contributed by atoms with E-state index in [1.54, 1.807) is 29.2 Å². The van der Waals surface area contributed by atoms with Gasteiger partial charge in [0.2, 0.25) is 5.91 Å². The number of amides is 2. The Labute approximate surface area is 203 Å². The molecule has 1 aliphatic rings. The third-order valence-corrected chi connectivity index (χ3v) is 6.33. The summed E-state index contributed by atoms with van der Waals surface area (Å²) < 4.78 is 1.29. The second-order valence-electron chi connectivity index (χ2n) is 8.59. The number of nitrogens with two attached hydrogens (primary N) is 1. The number of aromatic amines is 1. The van der Waals surface area contributed by atoms with Crippen molar-refractivity contribution in [3.8, 4) is 0 Å². The summed E-state index contributed by atoms with van der Waals surface area (Å²) in [6, 6.07) is 6.66. The fraction of sp³-hybridized carbons (Fsp3) is 0.500. The van der Waals surface area contributed by atoms with Gasteiger partial charge >= 0.3 is 5.69 Å². The first-order chi connectivity index (χ1) is 16.3. The van der Waals surface area contributed by atoms with Gasteiger partial charge in [-0.25, -0.2) is 4.79 Å². The first-order valence-corrected chi connectivity index (χ1v) is 12.1. The molecule has 1 aliphatic heterocycles. The number of nitrogen functional groups attached to an aromatic ring is 1. The SMILES string of the molecule is CCCCN(C(=O)[C@H]1CCCN(C(=O)c2ccc(Cl)cc2)C1)c1c(N)n(CCC)c(=O)[nH]c1=O. The third kappa shape index (κ3) is 5.52. The molecule has 1 fully saturated rings. The number of H-pyrrole nitrogens is 1. The van der Waals surface area contributed by atoms with Crippen LogP contribution in [0.25, 0.3) is 0 Å². The number of nitrogens with one attached hydrogen (secondary N) is 1. The number of anilines is 2. The minimum absolute atomic E-state index is 0.00708. The van der Waals surface area contributed by atoms with Gasteiger partial charge in [0.15, 0.2) is 5.69 Å². The van der Waals surface area contributed by atoms with Crippen molar-refractivity contribution in [2.24, 2.45) is 5.92 Å². The van der Waals surface area contributed by atoms with Gasteiger partial charge in [0.25, 0.3) is 11.5 Å². The van der Waals surface area contributed by atoms with E-state index in [2.05, 4.69) is 4.98 Å². The second kappa shape index (κ2) is 11.4. The van der Waals surface area contributed by atoms with Crippen LogP contribution in [0.1, 0.15) is 56.3 Å². The number of hydrogen-bond acceptors (Lipinski definition) is 5. The molecule has 2 heterocycles. The molecule has 0 spiro atoms. The average Bonchev–Trinajstić information content (AvgIpc) is 2.83. The topological polar surface area (TPSA) is 121 Å². The maximum Gasteiger partial charge on any atom is 0.330 e. The van der Waals surface area contributed by atoms with Crippen LogP contribution in [0.3, 0.4) is 0 Å². The highest BCUT2D eigenvalue weighted by molar-refractivity contribution is 6.30. The molecule has 0 unspecified atom stereocenters. The predicted octanol–water partition coefficient (Wildman–Crippen LogP) is 2.87. The predicted molar refractivity (Wildman–Crippen MR) is 133 cm³/mol. The lowest BCUT2D eigenvalue weighted by Gasteiger charge is -2.35. The summed E-state index contributed by atoms with van der Waals surface area (Å²) in [5.41, 5.74) is 5.50. The number of carbonyl (C=O) groups is 2. The van der Waals surface area contributed by atoms with Crippen molar-refractivity contribution in [1.82, 2.24) is 14.5 Å². The smallest absolute Gasteiger partial charge is 0.330 e. The lowest BCUT2D eigenvalue weighted by molar-refractivity contribution is -0.123. The Kier molecular flexibility index (Phi) is 8.55. The van der Waals surface area contributed by atoms with Crippen molar-refractivity contribution in [1.29, 1.82) is 0 Å². The standard InChI is InChI=1S/C24H32ClN5O4/c1-3-5-14-29(19-20(26)30(12-4-2)24(34)27-21(19)31)23(33)17-7-6-13-28(15-17)22(32)16-8-10-18(25)11-9-16/h8-11,17H,3-7,12-15,26H2,1-2H3,(H,27,31,34)/t17-/m0/s1. The van der Waals surface area contributed by atoms with Crippen LogP contribution in [0.5, 0.6) is 0 Å². The fourth-order valence-corrected chi connectivity index (χ4v) is 4.42. The van der Waals surface area contributed by atoms with E-state index in [9.17, 15) is 19.2 Å². The van der Waals surface area contributed by atoms with Gasteiger partial charge in [0, 0.05) is 36.8 Å². The zero-order valence-corrected chi connectivity index (χ0v) is 20.4. The van der Waals surface area contributed by atoms with Gasteiger partial charge in [-0.05, 0) is 49.9 Å². The molecule has 1 aromatic heterocycles. The summed E-state index contributed by atoms with van der Waals surface area (Å²) in [7, 11) is 0. The van der Waals surface area contributed by atoms with E-state index in [-0.39, 0.29) is 29.9 Å². The Balaban J connectivity index is 1.90. The number of aromatic nitrogens is 2. The molecule has 34 heavy (non-hydrogen) atoms. The van der Waals surface area contributed by atoms with Crippen LogP contribution in [-0.2, 0) is 11.3 Å². The van der Waals surface area contributed by atoms with Gasteiger partial charge in [-0.3, -0.25) is 23.9 Å². The van der Waals surface area contributed by atoms with Crippen molar-refractivity contribution in [2.45, 2.75) is 52.5 Å². The molecule has 0 aliphatic carbocycles. The van der Waals surface area contributed by atoms with Crippen LogP contribution in [0.2, 0.25) is 5.02 Å². The van der Waals surface area contributed by atoms with Crippen molar-refractivity contribution in [2.75, 3.05) is 30.3 Å². The maximum atomic E-state index is 13.7. The summed E-state index contributed by atoms with van der Waals surface area (Å²) in [5.74, 6) is -0.916. The van der Waals surface area contributed by atoms with Gasteiger partial charge in [-0.15, -0.1) is 0 Å². The normalized spacial score (nSPS) is 15.9. The van der Waals surface area contributed by atoms with E-state index in [1.807, 2.05) is 13.8 Å². The molecule has 1 saturated heterocycles. The third-order valence-electron chi connectivity index (χ3n) is 6.08. The fourth-order valence-electron chi connectivity index (χ4n) is 4.29. The molecule has 3 N–H and O–H groups in total. The minimum atomic E-state index is -0.677. The first-order valence-electron chi connectivity index (χ1n) is 11.8. The van der Waals surface area contributed by atoms with Crippen molar-refractivity contribution in [3.05, 3.63) is 55.7 Å². The molecule has 2 aromatic rings. The van der Waals surface area contributed by atoms with Crippen LogP contribution in [-0.4, -0.2) is 45.9 Å². The molecule has 1 aromatic carbocycles. The lowest BCUT2D eigenvalue weighted by atomic mass is 9.95. The molecule has 0 saturated carbocycles. The van der Waals surface area contributed by atoms with Crippen LogP contribution in [0, 0.1) is 5.92 Å². The van der Waals surface area contributed by atoms with Gasteiger partial charge in [0.1, 0.15) is 5.82 Å². The number of piperidine rings is 1. The molecular formula is C24H32ClN5O4. The van der Waals surface area contributed by atoms with E-state index in [0.717, 1.165) is 6.42 Å². The van der Waals surface area contributed by atoms with E-state index in [1.165, 1.54) is 9.47 Å². The summed E-state index contributed by atoms with van der Waals surface area (Å²) >= 11 is 5.93. The van der Waals surface area contributed by atoms with E-state index in [4.69, 9.17) is 17.3 Å². The molecular weight excluding hydrogens is 458 g/mol. The quantitative estimate of drug-likeness (QED) is 0.590.